The van der Waals surface area contributed by atoms with Crippen LogP contribution in [0.3, 0.4) is 0 Å². The second kappa shape index (κ2) is 6.50. The highest BCUT2D eigenvalue weighted by molar-refractivity contribution is 5.48. The first-order chi connectivity index (χ1) is 8.13. The number of nitrogens with two attached hydrogens (primary N) is 1. The van der Waals surface area contributed by atoms with Gasteiger partial charge in [-0.3, -0.25) is 0 Å². The van der Waals surface area contributed by atoms with Gasteiger partial charge in [-0.2, -0.15) is 0 Å². The second-order valence-electron chi connectivity index (χ2n) is 4.45. The van der Waals surface area contributed by atoms with Crippen LogP contribution >= 0.6 is 0 Å². The van der Waals surface area contributed by atoms with E-state index in [2.05, 4.69) is 26.0 Å². The fourth-order valence-corrected chi connectivity index (χ4v) is 1.98. The standard InChI is InChI=1S/C14H23NO2/c1-10(2)12-9-14(17-4)13(16-3)8-11(12)6-5-7-15/h8-10H,5-7,15H2,1-4H3. The molecule has 17 heavy (non-hydrogen) atoms. The Morgan fingerprint density at radius 1 is 1.12 bits per heavy atom. The van der Waals surface area contributed by atoms with E-state index in [-0.39, 0.29) is 0 Å². The third-order valence-corrected chi connectivity index (χ3v) is 2.92. The van der Waals surface area contributed by atoms with Crippen molar-refractivity contribution in [3.63, 3.8) is 0 Å². The van der Waals surface area contributed by atoms with Crippen LogP contribution in [-0.4, -0.2) is 20.8 Å². The summed E-state index contributed by atoms with van der Waals surface area (Å²) in [6, 6.07) is 4.15. The Morgan fingerprint density at radius 3 is 2.18 bits per heavy atom. The Morgan fingerprint density at radius 2 is 1.71 bits per heavy atom. The normalized spacial score (nSPS) is 10.7. The van der Waals surface area contributed by atoms with E-state index in [1.54, 1.807) is 14.2 Å². The Balaban J connectivity index is 3.15. The van der Waals surface area contributed by atoms with Gasteiger partial charge in [0.25, 0.3) is 0 Å². The first kappa shape index (κ1) is 13.8. The highest BCUT2D eigenvalue weighted by atomic mass is 16.5. The fourth-order valence-electron chi connectivity index (χ4n) is 1.98. The average Bonchev–Trinajstić information content (AvgIpc) is 2.34. The first-order valence-electron chi connectivity index (χ1n) is 6.08. The zero-order chi connectivity index (χ0) is 12.8. The molecule has 96 valence electrons. The van der Waals surface area contributed by atoms with Gasteiger partial charge < -0.3 is 15.2 Å². The minimum Gasteiger partial charge on any atom is -0.493 e. The molecule has 0 saturated carbocycles. The van der Waals surface area contributed by atoms with Crippen LogP contribution in [0.1, 0.15) is 37.3 Å². The van der Waals surface area contributed by atoms with E-state index < -0.39 is 0 Å². The molecule has 0 unspecified atom stereocenters. The van der Waals surface area contributed by atoms with E-state index in [0.29, 0.717) is 12.5 Å². The molecule has 0 fully saturated rings. The third-order valence-electron chi connectivity index (χ3n) is 2.92. The molecule has 0 aromatic heterocycles. The summed E-state index contributed by atoms with van der Waals surface area (Å²) < 4.78 is 10.7. The number of aryl methyl sites for hydroxylation is 1. The summed E-state index contributed by atoms with van der Waals surface area (Å²) in [5.41, 5.74) is 8.20. The molecule has 0 bridgehead atoms. The van der Waals surface area contributed by atoms with Crippen LogP contribution in [0, 0.1) is 0 Å². The Bertz CT molecular complexity index is 361. The molecule has 0 spiro atoms. The molecule has 0 amide bonds. The summed E-state index contributed by atoms with van der Waals surface area (Å²) in [6.45, 7) is 5.09. The van der Waals surface area contributed by atoms with Crippen molar-refractivity contribution in [2.24, 2.45) is 5.73 Å². The van der Waals surface area contributed by atoms with Crippen LogP contribution in [-0.2, 0) is 6.42 Å². The van der Waals surface area contributed by atoms with E-state index in [1.807, 2.05) is 0 Å². The van der Waals surface area contributed by atoms with Crippen molar-refractivity contribution in [2.75, 3.05) is 20.8 Å². The van der Waals surface area contributed by atoms with E-state index in [0.717, 1.165) is 24.3 Å². The van der Waals surface area contributed by atoms with E-state index in [1.165, 1.54) is 11.1 Å². The monoisotopic (exact) mass is 237 g/mol. The first-order valence-corrected chi connectivity index (χ1v) is 6.08. The third kappa shape index (κ3) is 3.37. The van der Waals surface area contributed by atoms with Crippen LogP contribution in [0.15, 0.2) is 12.1 Å². The van der Waals surface area contributed by atoms with Crippen molar-refractivity contribution >= 4 is 0 Å². The molecule has 3 nitrogen and oxygen atoms in total. The molecule has 0 saturated heterocycles. The van der Waals surface area contributed by atoms with Gasteiger partial charge in [-0.1, -0.05) is 13.8 Å². The molecule has 3 heteroatoms. The molecular formula is C14H23NO2. The summed E-state index contributed by atoms with van der Waals surface area (Å²) in [4.78, 5) is 0. The Kier molecular flexibility index (Phi) is 5.29. The summed E-state index contributed by atoms with van der Waals surface area (Å²) in [7, 11) is 3.33. The molecular weight excluding hydrogens is 214 g/mol. The lowest BCUT2D eigenvalue weighted by Gasteiger charge is -2.17. The summed E-state index contributed by atoms with van der Waals surface area (Å²) in [5.74, 6) is 2.07. The van der Waals surface area contributed by atoms with Crippen LogP contribution in [0.25, 0.3) is 0 Å². The highest BCUT2D eigenvalue weighted by Gasteiger charge is 2.13. The van der Waals surface area contributed by atoms with Crippen molar-refractivity contribution in [3.8, 4) is 11.5 Å². The summed E-state index contributed by atoms with van der Waals surface area (Å²) >= 11 is 0. The molecule has 0 radical (unpaired) electrons. The van der Waals surface area contributed by atoms with Crippen LogP contribution in [0.5, 0.6) is 11.5 Å². The zero-order valence-electron chi connectivity index (χ0n) is 11.2. The van der Waals surface area contributed by atoms with Gasteiger partial charge in [0.15, 0.2) is 11.5 Å². The van der Waals surface area contributed by atoms with Crippen molar-refractivity contribution < 1.29 is 9.47 Å². The number of hydrogen-bond acceptors (Lipinski definition) is 3. The van der Waals surface area contributed by atoms with Crippen molar-refractivity contribution in [2.45, 2.75) is 32.6 Å². The lowest BCUT2D eigenvalue weighted by molar-refractivity contribution is 0.354. The van der Waals surface area contributed by atoms with Crippen LogP contribution in [0.4, 0.5) is 0 Å². The maximum absolute atomic E-state index is 5.57. The molecule has 0 aliphatic rings. The fraction of sp³-hybridized carbons (Fsp3) is 0.571. The lowest BCUT2D eigenvalue weighted by Crippen LogP contribution is -2.04. The smallest absolute Gasteiger partial charge is 0.161 e. The number of rotatable bonds is 6. The van der Waals surface area contributed by atoms with E-state index in [9.17, 15) is 0 Å². The molecule has 1 aromatic carbocycles. The van der Waals surface area contributed by atoms with E-state index in [4.69, 9.17) is 15.2 Å². The van der Waals surface area contributed by atoms with Gasteiger partial charge >= 0.3 is 0 Å². The maximum atomic E-state index is 5.57. The van der Waals surface area contributed by atoms with Gasteiger partial charge in [-0.05, 0) is 48.6 Å². The van der Waals surface area contributed by atoms with Gasteiger partial charge in [0, 0.05) is 0 Å². The van der Waals surface area contributed by atoms with E-state index >= 15 is 0 Å². The minimum atomic E-state index is 0.475. The molecule has 2 N–H and O–H groups in total. The molecule has 0 atom stereocenters. The SMILES string of the molecule is COc1cc(CCCN)c(C(C)C)cc1OC. The number of methoxy groups -OCH3 is 2. The largest absolute Gasteiger partial charge is 0.493 e. The zero-order valence-corrected chi connectivity index (χ0v) is 11.2. The van der Waals surface area contributed by atoms with Gasteiger partial charge in [-0.15, -0.1) is 0 Å². The van der Waals surface area contributed by atoms with Gasteiger partial charge in [0.1, 0.15) is 0 Å². The Labute approximate surface area is 104 Å². The summed E-state index contributed by atoms with van der Waals surface area (Å²) in [5, 5.41) is 0. The topological polar surface area (TPSA) is 44.5 Å². The van der Waals surface area contributed by atoms with Crippen molar-refractivity contribution in [1.29, 1.82) is 0 Å². The molecule has 1 rings (SSSR count). The molecule has 0 aliphatic heterocycles. The average molecular weight is 237 g/mol. The molecule has 1 aromatic rings. The predicted molar refractivity (Wildman–Crippen MR) is 71.0 cm³/mol. The van der Waals surface area contributed by atoms with Crippen LogP contribution in [0.2, 0.25) is 0 Å². The van der Waals surface area contributed by atoms with Gasteiger partial charge in [0.2, 0.25) is 0 Å². The number of benzene rings is 1. The number of hydrogen-bond donors (Lipinski definition) is 1. The Hall–Kier alpha value is -1.22. The van der Waals surface area contributed by atoms with Gasteiger partial charge in [-0.25, -0.2) is 0 Å². The number of ether oxygens (including phenoxy) is 2. The highest BCUT2D eigenvalue weighted by Crippen LogP contribution is 2.34. The lowest BCUT2D eigenvalue weighted by atomic mass is 9.93. The predicted octanol–water partition coefficient (Wildman–Crippen LogP) is 2.72. The van der Waals surface area contributed by atoms with Crippen LogP contribution < -0.4 is 15.2 Å². The molecule has 0 heterocycles. The minimum absolute atomic E-state index is 0.475. The maximum Gasteiger partial charge on any atom is 0.161 e. The van der Waals surface area contributed by atoms with Crippen molar-refractivity contribution in [1.82, 2.24) is 0 Å². The molecule has 0 aliphatic carbocycles. The second-order valence-corrected chi connectivity index (χ2v) is 4.45. The van der Waals surface area contributed by atoms with Crippen molar-refractivity contribution in [3.05, 3.63) is 23.3 Å². The quantitative estimate of drug-likeness (QED) is 0.827. The van der Waals surface area contributed by atoms with Gasteiger partial charge in [0.05, 0.1) is 14.2 Å². The summed E-state index contributed by atoms with van der Waals surface area (Å²) in [6.07, 6.45) is 1.99.